The van der Waals surface area contributed by atoms with Crippen LogP contribution in [0.15, 0.2) is 65.6 Å². The molecule has 0 spiro atoms. The first-order valence-electron chi connectivity index (χ1n) is 8.88. The number of hydrogen-bond donors (Lipinski definition) is 0. The van der Waals surface area contributed by atoms with E-state index in [0.717, 1.165) is 40.5 Å². The summed E-state index contributed by atoms with van der Waals surface area (Å²) in [6, 6.07) is 20.0. The van der Waals surface area contributed by atoms with Crippen molar-refractivity contribution in [3.63, 3.8) is 0 Å². The van der Waals surface area contributed by atoms with E-state index in [0.29, 0.717) is 11.4 Å². The number of aryl methyl sites for hydroxylation is 2. The minimum Gasteiger partial charge on any atom is -0.207 e. The molecule has 0 saturated carbocycles. The first-order valence-corrected chi connectivity index (χ1v) is 11.4. The summed E-state index contributed by atoms with van der Waals surface area (Å²) in [6.07, 6.45) is 1.73. The Hall–Kier alpha value is -1.82. The highest BCUT2D eigenvalue weighted by Gasteiger charge is 2.38. The molecule has 1 aliphatic heterocycles. The van der Waals surface area contributed by atoms with Crippen LogP contribution in [0.3, 0.4) is 0 Å². The molecule has 0 unspecified atom stereocenters. The molecule has 1 heterocycles. The summed E-state index contributed by atoms with van der Waals surface area (Å²) in [5, 5.41) is 2.15. The predicted molar refractivity (Wildman–Crippen MR) is 107 cm³/mol. The molecule has 2 aliphatic rings. The zero-order chi connectivity index (χ0) is 17.7. The molecule has 132 valence electrons. The van der Waals surface area contributed by atoms with Crippen LogP contribution < -0.4 is 0 Å². The van der Waals surface area contributed by atoms with Gasteiger partial charge in [0.1, 0.15) is 0 Å². The van der Waals surface area contributed by atoms with E-state index in [2.05, 4.69) is 18.2 Å². The summed E-state index contributed by atoms with van der Waals surface area (Å²) in [5.41, 5.74) is 3.32. The summed E-state index contributed by atoms with van der Waals surface area (Å²) in [7, 11) is -3.52. The average Bonchev–Trinajstić information content (AvgIpc) is 3.32. The molecule has 3 aromatic carbocycles. The zero-order valence-electron chi connectivity index (χ0n) is 14.3. The Morgan fingerprint density at radius 3 is 2.62 bits per heavy atom. The molecule has 1 saturated heterocycles. The molecule has 1 atom stereocenters. The van der Waals surface area contributed by atoms with Crippen molar-refractivity contribution in [3.05, 3.63) is 77.4 Å². The molecular weight excluding hydrogens is 362 g/mol. The maximum absolute atomic E-state index is 13.6. The molecule has 3 aromatic rings. The standard InChI is InChI=1S/C21H19NO2S2/c23-26(24,22-13-14-25-21(22)17-5-2-1-3-6-17)19-12-10-16-8-4-7-15-9-11-18(19)20(15)16/h1-8,10,12,21H,9,11,13-14H2/t21-/m0/s1. The lowest BCUT2D eigenvalue weighted by molar-refractivity contribution is 0.434. The Balaban J connectivity index is 1.63. The second-order valence-electron chi connectivity index (χ2n) is 6.81. The van der Waals surface area contributed by atoms with E-state index in [9.17, 15) is 8.42 Å². The van der Waals surface area contributed by atoms with Gasteiger partial charge in [0.2, 0.25) is 10.0 Å². The third-order valence-corrected chi connectivity index (χ3v) is 8.70. The van der Waals surface area contributed by atoms with Gasteiger partial charge < -0.3 is 0 Å². The van der Waals surface area contributed by atoms with Gasteiger partial charge in [0, 0.05) is 12.3 Å². The molecule has 1 aliphatic carbocycles. The van der Waals surface area contributed by atoms with Crippen LogP contribution in [0.5, 0.6) is 0 Å². The van der Waals surface area contributed by atoms with Crippen molar-refractivity contribution in [2.45, 2.75) is 23.1 Å². The number of thioether (sulfide) groups is 1. The van der Waals surface area contributed by atoms with Crippen LogP contribution in [-0.4, -0.2) is 25.0 Å². The molecule has 0 N–H and O–H groups in total. The second kappa shape index (κ2) is 6.12. The smallest absolute Gasteiger partial charge is 0.207 e. The van der Waals surface area contributed by atoms with Gasteiger partial charge >= 0.3 is 0 Å². The number of hydrogen-bond acceptors (Lipinski definition) is 3. The van der Waals surface area contributed by atoms with Gasteiger partial charge in [-0.15, -0.1) is 11.8 Å². The normalized spacial score (nSPS) is 20.1. The van der Waals surface area contributed by atoms with Crippen LogP contribution in [0.4, 0.5) is 0 Å². The monoisotopic (exact) mass is 381 g/mol. The van der Waals surface area contributed by atoms with Gasteiger partial charge in [-0.05, 0) is 46.4 Å². The quantitative estimate of drug-likeness (QED) is 0.676. The summed E-state index contributed by atoms with van der Waals surface area (Å²) in [6.45, 7) is 0.561. The zero-order valence-corrected chi connectivity index (χ0v) is 15.9. The Kier molecular flexibility index (Phi) is 3.85. The minimum absolute atomic E-state index is 0.138. The van der Waals surface area contributed by atoms with Crippen LogP contribution in [0.2, 0.25) is 0 Å². The first-order chi connectivity index (χ1) is 12.7. The highest BCUT2D eigenvalue weighted by atomic mass is 32.2. The average molecular weight is 382 g/mol. The van der Waals surface area contributed by atoms with E-state index < -0.39 is 10.0 Å². The molecule has 1 fully saturated rings. The van der Waals surface area contributed by atoms with E-state index in [1.54, 1.807) is 16.1 Å². The lowest BCUT2D eigenvalue weighted by atomic mass is 10.1. The van der Waals surface area contributed by atoms with Crippen LogP contribution in [0.25, 0.3) is 10.8 Å². The third-order valence-electron chi connectivity index (χ3n) is 5.36. The van der Waals surface area contributed by atoms with Crippen LogP contribution in [0, 0.1) is 0 Å². The van der Waals surface area contributed by atoms with Crippen molar-refractivity contribution in [2.75, 3.05) is 12.3 Å². The van der Waals surface area contributed by atoms with Gasteiger partial charge in [-0.3, -0.25) is 0 Å². The highest BCUT2D eigenvalue weighted by Crippen LogP contribution is 2.43. The summed E-state index contributed by atoms with van der Waals surface area (Å²) >= 11 is 1.70. The van der Waals surface area contributed by atoms with E-state index in [-0.39, 0.29) is 5.37 Å². The summed E-state index contributed by atoms with van der Waals surface area (Å²) in [4.78, 5) is 0.499. The number of benzene rings is 3. The van der Waals surface area contributed by atoms with E-state index in [1.807, 2.05) is 42.5 Å². The van der Waals surface area contributed by atoms with Crippen molar-refractivity contribution in [1.29, 1.82) is 0 Å². The lowest BCUT2D eigenvalue weighted by Crippen LogP contribution is -2.31. The van der Waals surface area contributed by atoms with Crippen molar-refractivity contribution in [3.8, 4) is 0 Å². The summed E-state index contributed by atoms with van der Waals surface area (Å²) < 4.78 is 28.8. The Morgan fingerprint density at radius 1 is 0.923 bits per heavy atom. The Bertz CT molecular complexity index is 1090. The molecule has 26 heavy (non-hydrogen) atoms. The second-order valence-corrected chi connectivity index (χ2v) is 9.85. The van der Waals surface area contributed by atoms with Gasteiger partial charge in [0.05, 0.1) is 10.3 Å². The van der Waals surface area contributed by atoms with Crippen LogP contribution in [0.1, 0.15) is 22.1 Å². The number of sulfonamides is 1. The topological polar surface area (TPSA) is 37.4 Å². The Labute approximate surface area is 158 Å². The van der Waals surface area contributed by atoms with Crippen LogP contribution >= 0.6 is 11.8 Å². The maximum atomic E-state index is 13.6. The molecule has 0 aromatic heterocycles. The van der Waals surface area contributed by atoms with Crippen molar-refractivity contribution in [1.82, 2.24) is 4.31 Å². The van der Waals surface area contributed by atoms with E-state index >= 15 is 0 Å². The van der Waals surface area contributed by atoms with Crippen molar-refractivity contribution >= 4 is 32.6 Å². The van der Waals surface area contributed by atoms with Gasteiger partial charge in [0.15, 0.2) is 0 Å². The van der Waals surface area contributed by atoms with Crippen LogP contribution in [-0.2, 0) is 22.9 Å². The lowest BCUT2D eigenvalue weighted by Gasteiger charge is -2.24. The highest BCUT2D eigenvalue weighted by molar-refractivity contribution is 8.01. The maximum Gasteiger partial charge on any atom is 0.244 e. The predicted octanol–water partition coefficient (Wildman–Crippen LogP) is 4.37. The van der Waals surface area contributed by atoms with Crippen molar-refractivity contribution < 1.29 is 8.42 Å². The third kappa shape index (κ3) is 2.42. The summed E-state index contributed by atoms with van der Waals surface area (Å²) in [5.74, 6) is 0.826. The SMILES string of the molecule is O=S(=O)(c1ccc2cccc3c2c1CC3)N1CCS[C@H]1c1ccccc1. The molecule has 0 bridgehead atoms. The van der Waals surface area contributed by atoms with Gasteiger partial charge in [0.25, 0.3) is 0 Å². The fourth-order valence-electron chi connectivity index (χ4n) is 4.18. The van der Waals surface area contributed by atoms with E-state index in [4.69, 9.17) is 0 Å². The fourth-order valence-corrected chi connectivity index (χ4v) is 7.68. The fraction of sp³-hybridized carbons (Fsp3) is 0.238. The first kappa shape index (κ1) is 16.4. The molecule has 5 heteroatoms. The molecular formula is C21H19NO2S2. The molecule has 0 amide bonds. The van der Waals surface area contributed by atoms with Gasteiger partial charge in [-0.2, -0.15) is 4.31 Å². The largest absolute Gasteiger partial charge is 0.244 e. The minimum atomic E-state index is -3.52. The molecule has 5 rings (SSSR count). The number of nitrogens with zero attached hydrogens (tertiary/aromatic N) is 1. The Morgan fingerprint density at radius 2 is 1.77 bits per heavy atom. The van der Waals surface area contributed by atoms with Crippen molar-refractivity contribution in [2.24, 2.45) is 0 Å². The van der Waals surface area contributed by atoms with E-state index in [1.165, 1.54) is 5.56 Å². The van der Waals surface area contributed by atoms with Gasteiger partial charge in [-0.1, -0.05) is 54.6 Å². The number of rotatable bonds is 3. The van der Waals surface area contributed by atoms with Gasteiger partial charge in [-0.25, -0.2) is 8.42 Å². The molecule has 0 radical (unpaired) electrons. The molecule has 3 nitrogen and oxygen atoms in total.